The predicted molar refractivity (Wildman–Crippen MR) is 92.8 cm³/mol. The van der Waals surface area contributed by atoms with Crippen molar-refractivity contribution in [1.82, 2.24) is 9.03 Å². The van der Waals surface area contributed by atoms with E-state index < -0.39 is 20.0 Å². The molecule has 0 radical (unpaired) electrons. The van der Waals surface area contributed by atoms with Gasteiger partial charge in [-0.15, -0.1) is 0 Å². The molecule has 6 nitrogen and oxygen atoms in total. The number of hydrogen-bond donors (Lipinski definition) is 1. The number of rotatable bonds is 6. The minimum absolute atomic E-state index is 0.0554. The summed E-state index contributed by atoms with van der Waals surface area (Å²) in [4.78, 5) is 0.119. The van der Waals surface area contributed by atoms with E-state index in [1.54, 1.807) is 18.2 Å². The number of sulfonamides is 2. The molecule has 0 unspecified atom stereocenters. The molecule has 0 fully saturated rings. The number of nitrogens with one attached hydrogen (secondary N) is 1. The lowest BCUT2D eigenvalue weighted by atomic mass is 10.2. The summed E-state index contributed by atoms with van der Waals surface area (Å²) < 4.78 is 52.7. The van der Waals surface area contributed by atoms with Crippen molar-refractivity contribution in [3.05, 3.63) is 59.1 Å². The van der Waals surface area contributed by atoms with E-state index in [1.807, 2.05) is 0 Å². The fraction of sp³-hybridized carbons (Fsp3) is 0.200. The average Bonchev–Trinajstić information content (AvgIpc) is 2.53. The highest BCUT2D eigenvalue weighted by atomic mass is 35.5. The van der Waals surface area contributed by atoms with Crippen molar-refractivity contribution in [2.24, 2.45) is 0 Å². The summed E-state index contributed by atoms with van der Waals surface area (Å²) in [5.74, 6) is 0. The van der Waals surface area contributed by atoms with Crippen molar-refractivity contribution in [3.63, 3.8) is 0 Å². The van der Waals surface area contributed by atoms with Crippen LogP contribution in [0.15, 0.2) is 58.3 Å². The van der Waals surface area contributed by atoms with Crippen LogP contribution in [-0.2, 0) is 26.6 Å². The Hall–Kier alpha value is -1.45. The molecular formula is C15H17ClN2O4S2. The lowest BCUT2D eigenvalue weighted by molar-refractivity contribution is 0.519. The summed E-state index contributed by atoms with van der Waals surface area (Å²) in [5, 5.41) is 0.427. The molecule has 0 heterocycles. The third-order valence-electron chi connectivity index (χ3n) is 3.31. The first-order chi connectivity index (χ1) is 11.1. The molecule has 1 N–H and O–H groups in total. The smallest absolute Gasteiger partial charge is 0.207 e. The van der Waals surface area contributed by atoms with Crippen molar-refractivity contribution >= 4 is 31.6 Å². The maximum Gasteiger partial charge on any atom is 0.242 e. The molecule has 0 saturated carbocycles. The molecule has 0 saturated heterocycles. The molecule has 2 aromatic rings. The van der Waals surface area contributed by atoms with Crippen LogP contribution in [0, 0.1) is 0 Å². The molecule has 2 aromatic carbocycles. The quantitative estimate of drug-likeness (QED) is 0.821. The van der Waals surface area contributed by atoms with Gasteiger partial charge in [-0.05, 0) is 35.9 Å². The van der Waals surface area contributed by atoms with Gasteiger partial charge in [-0.2, -0.15) is 0 Å². The molecule has 0 aliphatic heterocycles. The lowest BCUT2D eigenvalue weighted by Gasteiger charge is -2.15. The Bertz CT molecular complexity index is 924. The minimum Gasteiger partial charge on any atom is -0.207 e. The number of nitrogens with zero attached hydrogens (tertiary/aromatic N) is 1. The van der Waals surface area contributed by atoms with Crippen LogP contribution in [0.5, 0.6) is 0 Å². The normalized spacial score (nSPS) is 12.5. The zero-order valence-corrected chi connectivity index (χ0v) is 15.5. The van der Waals surface area contributed by atoms with Gasteiger partial charge in [0, 0.05) is 25.7 Å². The van der Waals surface area contributed by atoms with Crippen LogP contribution in [-0.4, -0.2) is 35.2 Å². The second kappa shape index (κ2) is 7.20. The van der Waals surface area contributed by atoms with Gasteiger partial charge in [0.05, 0.1) is 9.79 Å². The molecule has 9 heteroatoms. The zero-order chi connectivity index (χ0) is 18.0. The highest BCUT2D eigenvalue weighted by molar-refractivity contribution is 7.89. The minimum atomic E-state index is -3.77. The zero-order valence-electron chi connectivity index (χ0n) is 13.1. The van der Waals surface area contributed by atoms with Crippen molar-refractivity contribution in [3.8, 4) is 0 Å². The van der Waals surface area contributed by atoms with E-state index in [2.05, 4.69) is 4.72 Å². The largest absolute Gasteiger partial charge is 0.242 e. The molecule has 0 aliphatic rings. The SMILES string of the molecule is CN(C)S(=O)(=O)c1ccccc1CNS(=O)(=O)c1ccc(Cl)cc1. The summed E-state index contributed by atoms with van der Waals surface area (Å²) >= 11 is 5.75. The Kier molecular flexibility index (Phi) is 5.67. The Morgan fingerprint density at radius 2 is 1.54 bits per heavy atom. The highest BCUT2D eigenvalue weighted by Gasteiger charge is 2.22. The van der Waals surface area contributed by atoms with Gasteiger partial charge in [-0.25, -0.2) is 25.9 Å². The summed E-state index contributed by atoms with van der Waals surface area (Å²) in [6.45, 7) is -0.145. The number of hydrogen-bond acceptors (Lipinski definition) is 4. The topological polar surface area (TPSA) is 83.6 Å². The first kappa shape index (κ1) is 18.9. The maximum atomic E-state index is 12.3. The van der Waals surface area contributed by atoms with E-state index in [4.69, 9.17) is 11.6 Å². The van der Waals surface area contributed by atoms with Crippen LogP contribution in [0.4, 0.5) is 0 Å². The molecule has 2 rings (SSSR count). The van der Waals surface area contributed by atoms with E-state index >= 15 is 0 Å². The first-order valence-corrected chi connectivity index (χ1v) is 10.2. The average molecular weight is 389 g/mol. The monoisotopic (exact) mass is 388 g/mol. The van der Waals surface area contributed by atoms with Crippen LogP contribution >= 0.6 is 11.6 Å². The van der Waals surface area contributed by atoms with E-state index in [0.717, 1.165) is 4.31 Å². The van der Waals surface area contributed by atoms with Gasteiger partial charge in [0.15, 0.2) is 0 Å². The van der Waals surface area contributed by atoms with Gasteiger partial charge in [0.25, 0.3) is 0 Å². The Balaban J connectivity index is 2.29. The van der Waals surface area contributed by atoms with E-state index in [1.165, 1.54) is 44.4 Å². The Morgan fingerprint density at radius 1 is 0.958 bits per heavy atom. The van der Waals surface area contributed by atoms with E-state index in [0.29, 0.717) is 10.6 Å². The maximum absolute atomic E-state index is 12.3. The standard InChI is InChI=1S/C15H17ClN2O4S2/c1-18(2)24(21,22)15-6-4-3-5-12(15)11-17-23(19,20)14-9-7-13(16)8-10-14/h3-10,17H,11H2,1-2H3. The summed E-state index contributed by atoms with van der Waals surface area (Å²) in [7, 11) is -4.60. The van der Waals surface area contributed by atoms with Crippen molar-refractivity contribution in [2.75, 3.05) is 14.1 Å². The van der Waals surface area contributed by atoms with Gasteiger partial charge in [0.1, 0.15) is 0 Å². The molecule has 0 spiro atoms. The van der Waals surface area contributed by atoms with Gasteiger partial charge in [0.2, 0.25) is 20.0 Å². The molecule has 0 aromatic heterocycles. The third kappa shape index (κ3) is 4.14. The van der Waals surface area contributed by atoms with Crippen LogP contribution in [0.2, 0.25) is 5.02 Å². The van der Waals surface area contributed by atoms with Crippen molar-refractivity contribution < 1.29 is 16.8 Å². The molecule has 130 valence electrons. The van der Waals surface area contributed by atoms with Crippen LogP contribution < -0.4 is 4.72 Å². The van der Waals surface area contributed by atoms with Crippen molar-refractivity contribution in [1.29, 1.82) is 0 Å². The van der Waals surface area contributed by atoms with Gasteiger partial charge >= 0.3 is 0 Å². The molecule has 0 bridgehead atoms. The number of benzene rings is 2. The second-order valence-corrected chi connectivity index (χ2v) is 9.50. The third-order valence-corrected chi connectivity index (χ3v) is 6.89. The lowest BCUT2D eigenvalue weighted by Crippen LogP contribution is -2.27. The van der Waals surface area contributed by atoms with Crippen LogP contribution in [0.1, 0.15) is 5.56 Å². The number of halogens is 1. The van der Waals surface area contributed by atoms with Crippen molar-refractivity contribution in [2.45, 2.75) is 16.3 Å². The molecule has 24 heavy (non-hydrogen) atoms. The first-order valence-electron chi connectivity index (χ1n) is 6.90. The van der Waals surface area contributed by atoms with Crippen LogP contribution in [0.3, 0.4) is 0 Å². The molecule has 0 amide bonds. The van der Waals surface area contributed by atoms with Crippen LogP contribution in [0.25, 0.3) is 0 Å². The predicted octanol–water partition coefficient (Wildman–Crippen LogP) is 2.07. The Morgan fingerprint density at radius 3 is 2.12 bits per heavy atom. The summed E-state index contributed by atoms with van der Waals surface area (Å²) in [5.41, 5.74) is 0.365. The fourth-order valence-corrected chi connectivity index (χ4v) is 4.22. The highest BCUT2D eigenvalue weighted by Crippen LogP contribution is 2.19. The second-order valence-electron chi connectivity index (χ2n) is 5.17. The summed E-state index contributed by atoms with van der Waals surface area (Å²) in [6.07, 6.45) is 0. The molecular weight excluding hydrogens is 372 g/mol. The molecule has 0 atom stereocenters. The van der Waals surface area contributed by atoms with E-state index in [9.17, 15) is 16.8 Å². The fourth-order valence-electron chi connectivity index (χ4n) is 1.97. The van der Waals surface area contributed by atoms with E-state index in [-0.39, 0.29) is 16.3 Å². The van der Waals surface area contributed by atoms with Gasteiger partial charge in [-0.1, -0.05) is 29.8 Å². The van der Waals surface area contributed by atoms with Gasteiger partial charge in [-0.3, -0.25) is 0 Å². The van der Waals surface area contributed by atoms with Gasteiger partial charge < -0.3 is 0 Å². The summed E-state index contributed by atoms with van der Waals surface area (Å²) in [6, 6.07) is 12.0. The molecule has 0 aliphatic carbocycles. The Labute approximate surface area is 147 Å².